The number of nitrogens with one attached hydrogen (secondary N) is 1. The summed E-state index contributed by atoms with van der Waals surface area (Å²) in [6.45, 7) is 6.59. The van der Waals surface area contributed by atoms with E-state index in [0.717, 1.165) is 13.1 Å². The summed E-state index contributed by atoms with van der Waals surface area (Å²) in [5, 5.41) is 2.90. The fourth-order valence-corrected chi connectivity index (χ4v) is 2.10. The van der Waals surface area contributed by atoms with Crippen LogP contribution in [0.1, 0.15) is 33.1 Å². The molecule has 1 fully saturated rings. The Morgan fingerprint density at radius 2 is 2.25 bits per heavy atom. The SMILES string of the molecule is CN1CCCC(CC(=O)NCC(C)(C)N)C1. The van der Waals surface area contributed by atoms with Crippen molar-refractivity contribution >= 4 is 5.91 Å². The molecule has 0 spiro atoms. The highest BCUT2D eigenvalue weighted by Gasteiger charge is 2.20. The maximum atomic E-state index is 11.7. The quantitative estimate of drug-likeness (QED) is 0.738. The van der Waals surface area contributed by atoms with E-state index in [2.05, 4.69) is 17.3 Å². The number of nitrogens with zero attached hydrogens (tertiary/aromatic N) is 1. The second-order valence-corrected chi connectivity index (χ2v) is 5.74. The Bertz CT molecular complexity index is 235. The molecular formula is C12H25N3O. The lowest BCUT2D eigenvalue weighted by molar-refractivity contribution is -0.122. The van der Waals surface area contributed by atoms with Gasteiger partial charge < -0.3 is 16.0 Å². The molecule has 16 heavy (non-hydrogen) atoms. The Kier molecular flexibility index (Phi) is 4.74. The fraction of sp³-hybridized carbons (Fsp3) is 0.917. The predicted molar refractivity (Wildman–Crippen MR) is 66.1 cm³/mol. The summed E-state index contributed by atoms with van der Waals surface area (Å²) in [5.41, 5.74) is 5.50. The lowest BCUT2D eigenvalue weighted by atomic mass is 9.94. The molecule has 0 bridgehead atoms. The Labute approximate surface area is 98.6 Å². The zero-order valence-corrected chi connectivity index (χ0v) is 10.8. The van der Waals surface area contributed by atoms with E-state index in [0.29, 0.717) is 18.9 Å². The van der Waals surface area contributed by atoms with Crippen molar-refractivity contribution in [2.24, 2.45) is 11.7 Å². The van der Waals surface area contributed by atoms with Crippen LogP contribution in [-0.2, 0) is 4.79 Å². The van der Waals surface area contributed by atoms with Gasteiger partial charge in [-0.05, 0) is 46.2 Å². The van der Waals surface area contributed by atoms with Crippen molar-refractivity contribution in [3.05, 3.63) is 0 Å². The van der Waals surface area contributed by atoms with Crippen molar-refractivity contribution in [3.8, 4) is 0 Å². The Balaban J connectivity index is 2.23. The van der Waals surface area contributed by atoms with E-state index >= 15 is 0 Å². The maximum absolute atomic E-state index is 11.7. The summed E-state index contributed by atoms with van der Waals surface area (Å²) in [6, 6.07) is 0. The van der Waals surface area contributed by atoms with Gasteiger partial charge in [0.25, 0.3) is 0 Å². The Hall–Kier alpha value is -0.610. The van der Waals surface area contributed by atoms with Gasteiger partial charge in [-0.15, -0.1) is 0 Å². The first-order valence-electron chi connectivity index (χ1n) is 6.11. The van der Waals surface area contributed by atoms with E-state index in [-0.39, 0.29) is 11.4 Å². The van der Waals surface area contributed by atoms with E-state index in [4.69, 9.17) is 5.73 Å². The summed E-state index contributed by atoms with van der Waals surface area (Å²) < 4.78 is 0. The minimum atomic E-state index is -0.320. The van der Waals surface area contributed by atoms with Gasteiger partial charge in [-0.3, -0.25) is 4.79 Å². The number of piperidine rings is 1. The van der Waals surface area contributed by atoms with Crippen LogP contribution in [0.5, 0.6) is 0 Å². The second kappa shape index (κ2) is 5.64. The lowest BCUT2D eigenvalue weighted by Gasteiger charge is -2.29. The van der Waals surface area contributed by atoms with Gasteiger partial charge in [0, 0.05) is 25.0 Å². The van der Waals surface area contributed by atoms with Crippen LogP contribution < -0.4 is 11.1 Å². The average molecular weight is 227 g/mol. The molecule has 94 valence electrons. The van der Waals surface area contributed by atoms with E-state index in [9.17, 15) is 4.79 Å². The van der Waals surface area contributed by atoms with Crippen molar-refractivity contribution in [2.45, 2.75) is 38.6 Å². The van der Waals surface area contributed by atoms with Gasteiger partial charge in [-0.2, -0.15) is 0 Å². The number of hydrogen-bond acceptors (Lipinski definition) is 3. The standard InChI is InChI=1S/C12H25N3O/c1-12(2,13)9-14-11(16)7-10-5-4-6-15(3)8-10/h10H,4-9,13H2,1-3H3,(H,14,16). The molecule has 1 aliphatic heterocycles. The molecule has 0 aromatic carbocycles. The summed E-state index contributed by atoms with van der Waals surface area (Å²) in [7, 11) is 2.12. The molecule has 1 atom stereocenters. The van der Waals surface area contributed by atoms with Crippen LogP contribution in [-0.4, -0.2) is 43.0 Å². The van der Waals surface area contributed by atoms with Gasteiger partial charge in [0.15, 0.2) is 0 Å². The number of carbonyl (C=O) groups is 1. The topological polar surface area (TPSA) is 58.4 Å². The number of amides is 1. The molecule has 0 aromatic rings. The van der Waals surface area contributed by atoms with E-state index in [1.807, 2.05) is 13.8 Å². The molecule has 1 rings (SSSR count). The molecule has 0 aromatic heterocycles. The highest BCUT2D eigenvalue weighted by atomic mass is 16.1. The molecule has 1 heterocycles. The van der Waals surface area contributed by atoms with Gasteiger partial charge in [0.1, 0.15) is 0 Å². The Morgan fingerprint density at radius 3 is 2.81 bits per heavy atom. The van der Waals surface area contributed by atoms with Gasteiger partial charge in [0.2, 0.25) is 5.91 Å². The van der Waals surface area contributed by atoms with Gasteiger partial charge in [-0.1, -0.05) is 0 Å². The third-order valence-electron chi connectivity index (χ3n) is 2.94. The number of hydrogen-bond donors (Lipinski definition) is 2. The summed E-state index contributed by atoms with van der Waals surface area (Å²) in [6.07, 6.45) is 3.01. The van der Waals surface area contributed by atoms with Crippen LogP contribution in [0, 0.1) is 5.92 Å². The van der Waals surface area contributed by atoms with Crippen LogP contribution in [0.4, 0.5) is 0 Å². The van der Waals surface area contributed by atoms with Crippen molar-refractivity contribution < 1.29 is 4.79 Å². The second-order valence-electron chi connectivity index (χ2n) is 5.74. The monoisotopic (exact) mass is 227 g/mol. The summed E-state index contributed by atoms with van der Waals surface area (Å²) >= 11 is 0. The molecule has 0 saturated carbocycles. The minimum Gasteiger partial charge on any atom is -0.354 e. The van der Waals surface area contributed by atoms with Crippen molar-refractivity contribution in [2.75, 3.05) is 26.7 Å². The molecular weight excluding hydrogens is 202 g/mol. The first kappa shape index (κ1) is 13.5. The van der Waals surface area contributed by atoms with E-state index in [1.54, 1.807) is 0 Å². The normalized spacial score (nSPS) is 23.1. The smallest absolute Gasteiger partial charge is 0.220 e. The molecule has 3 N–H and O–H groups in total. The molecule has 1 unspecified atom stereocenters. The third kappa shape index (κ3) is 5.47. The first-order chi connectivity index (χ1) is 7.37. The van der Waals surface area contributed by atoms with Crippen LogP contribution >= 0.6 is 0 Å². The van der Waals surface area contributed by atoms with E-state index in [1.165, 1.54) is 12.8 Å². The zero-order chi connectivity index (χ0) is 12.2. The molecule has 1 amide bonds. The maximum Gasteiger partial charge on any atom is 0.220 e. The van der Waals surface area contributed by atoms with Crippen molar-refractivity contribution in [3.63, 3.8) is 0 Å². The summed E-state index contributed by atoms with van der Waals surface area (Å²) in [4.78, 5) is 14.0. The largest absolute Gasteiger partial charge is 0.354 e. The summed E-state index contributed by atoms with van der Waals surface area (Å²) in [5.74, 6) is 0.651. The first-order valence-corrected chi connectivity index (χ1v) is 6.11. The number of likely N-dealkylation sites (tertiary alicyclic amines) is 1. The van der Waals surface area contributed by atoms with Gasteiger partial charge in [-0.25, -0.2) is 0 Å². The van der Waals surface area contributed by atoms with Crippen molar-refractivity contribution in [1.29, 1.82) is 0 Å². The molecule has 4 heteroatoms. The average Bonchev–Trinajstić information content (AvgIpc) is 2.14. The number of nitrogens with two attached hydrogens (primary N) is 1. The minimum absolute atomic E-state index is 0.138. The number of rotatable bonds is 4. The van der Waals surface area contributed by atoms with Crippen LogP contribution in [0.3, 0.4) is 0 Å². The predicted octanol–water partition coefficient (Wildman–Crippen LogP) is 0.572. The third-order valence-corrected chi connectivity index (χ3v) is 2.94. The molecule has 1 saturated heterocycles. The van der Waals surface area contributed by atoms with Crippen LogP contribution in [0.25, 0.3) is 0 Å². The molecule has 1 aliphatic rings. The zero-order valence-electron chi connectivity index (χ0n) is 10.8. The molecule has 4 nitrogen and oxygen atoms in total. The van der Waals surface area contributed by atoms with Crippen molar-refractivity contribution in [1.82, 2.24) is 10.2 Å². The van der Waals surface area contributed by atoms with E-state index < -0.39 is 0 Å². The molecule has 0 radical (unpaired) electrons. The lowest BCUT2D eigenvalue weighted by Crippen LogP contribution is -2.45. The van der Waals surface area contributed by atoms with Gasteiger partial charge >= 0.3 is 0 Å². The number of carbonyl (C=O) groups excluding carboxylic acids is 1. The van der Waals surface area contributed by atoms with Crippen LogP contribution in [0.2, 0.25) is 0 Å². The Morgan fingerprint density at radius 1 is 1.56 bits per heavy atom. The highest BCUT2D eigenvalue weighted by Crippen LogP contribution is 2.18. The molecule has 0 aliphatic carbocycles. The van der Waals surface area contributed by atoms with Crippen LogP contribution in [0.15, 0.2) is 0 Å². The fourth-order valence-electron chi connectivity index (χ4n) is 2.10. The van der Waals surface area contributed by atoms with Gasteiger partial charge in [0.05, 0.1) is 0 Å². The highest BCUT2D eigenvalue weighted by molar-refractivity contribution is 5.76.